The highest BCUT2D eigenvalue weighted by molar-refractivity contribution is 4.93. The molecule has 0 aromatic carbocycles. The molecule has 0 aliphatic rings. The first kappa shape index (κ1) is 13.8. The molecule has 2 atom stereocenters. The highest BCUT2D eigenvalue weighted by Gasteiger charge is 2.39. The molecule has 0 saturated heterocycles. The van der Waals surface area contributed by atoms with Gasteiger partial charge in [0.25, 0.3) is 0 Å². The number of nitrogens with zero attached hydrogens (tertiary/aromatic N) is 1. The first-order valence-electron chi connectivity index (χ1n) is 4.58. The van der Waals surface area contributed by atoms with Crippen LogP contribution in [-0.2, 0) is 0 Å². The lowest BCUT2D eigenvalue weighted by molar-refractivity contribution is -0.158. The normalized spacial score (nSPS) is 15.1. The van der Waals surface area contributed by atoms with E-state index in [0.29, 0.717) is 12.8 Å². The van der Waals surface area contributed by atoms with Crippen LogP contribution in [0, 0.1) is 29.6 Å². The van der Waals surface area contributed by atoms with Crippen LogP contribution >= 0.6 is 0 Å². The number of rotatable bonds is 5. The number of nitriles is 1. The van der Waals surface area contributed by atoms with Crippen LogP contribution < -0.4 is 5.32 Å². The van der Waals surface area contributed by atoms with Gasteiger partial charge in [0.1, 0.15) is 0 Å². The lowest BCUT2D eigenvalue weighted by atomic mass is 10.1. The molecule has 84 valence electrons. The fourth-order valence-electron chi connectivity index (χ4n) is 1.02. The Morgan fingerprint density at radius 3 is 2.40 bits per heavy atom. The summed E-state index contributed by atoms with van der Waals surface area (Å²) in [5, 5.41) is 11.0. The van der Waals surface area contributed by atoms with E-state index in [0.717, 1.165) is 0 Å². The van der Waals surface area contributed by atoms with Gasteiger partial charge in [-0.05, 0) is 6.42 Å². The second-order valence-corrected chi connectivity index (χ2v) is 3.14. The van der Waals surface area contributed by atoms with Gasteiger partial charge in [-0.25, -0.2) is 0 Å². The zero-order valence-corrected chi connectivity index (χ0v) is 8.43. The summed E-state index contributed by atoms with van der Waals surface area (Å²) in [6, 6.07) is 1.07. The summed E-state index contributed by atoms with van der Waals surface area (Å²) in [4.78, 5) is 0. The maximum atomic E-state index is 12.2. The Morgan fingerprint density at radius 2 is 2.07 bits per heavy atom. The van der Waals surface area contributed by atoms with E-state index in [1.807, 2.05) is 6.92 Å². The maximum Gasteiger partial charge on any atom is 0.405 e. The Hall–Kier alpha value is -1.20. The maximum absolute atomic E-state index is 12.2. The van der Waals surface area contributed by atoms with E-state index in [1.165, 1.54) is 6.07 Å². The molecular formula is C10H13F3N2. The van der Waals surface area contributed by atoms with Gasteiger partial charge in [0.15, 0.2) is 5.92 Å². The third kappa shape index (κ3) is 5.29. The van der Waals surface area contributed by atoms with Crippen LogP contribution in [0.2, 0.25) is 0 Å². The molecule has 1 N–H and O–H groups in total. The van der Waals surface area contributed by atoms with Crippen molar-refractivity contribution in [3.05, 3.63) is 0 Å². The predicted molar refractivity (Wildman–Crippen MR) is 50.7 cm³/mol. The van der Waals surface area contributed by atoms with Crippen LogP contribution in [0.25, 0.3) is 0 Å². The molecular weight excluding hydrogens is 205 g/mol. The Labute approximate surface area is 87.5 Å². The highest BCUT2D eigenvalue weighted by atomic mass is 19.4. The van der Waals surface area contributed by atoms with Gasteiger partial charge in [-0.15, -0.1) is 12.3 Å². The van der Waals surface area contributed by atoms with Crippen molar-refractivity contribution in [2.45, 2.75) is 32.0 Å². The van der Waals surface area contributed by atoms with Crippen molar-refractivity contribution < 1.29 is 13.2 Å². The SMILES string of the molecule is C#CCC(CC)NCC(C#N)C(F)(F)F. The lowest BCUT2D eigenvalue weighted by Gasteiger charge is -2.18. The monoisotopic (exact) mass is 218 g/mol. The Bertz CT molecular complexity index is 259. The van der Waals surface area contributed by atoms with Crippen LogP contribution in [0.15, 0.2) is 0 Å². The van der Waals surface area contributed by atoms with Gasteiger partial charge in [-0.2, -0.15) is 18.4 Å². The quantitative estimate of drug-likeness (QED) is 0.717. The third-order valence-electron chi connectivity index (χ3n) is 2.02. The van der Waals surface area contributed by atoms with Crippen LogP contribution in [-0.4, -0.2) is 18.8 Å². The number of terminal acetylenes is 1. The summed E-state index contributed by atoms with van der Waals surface area (Å²) >= 11 is 0. The molecule has 2 nitrogen and oxygen atoms in total. The largest absolute Gasteiger partial charge is 0.405 e. The molecule has 5 heteroatoms. The first-order chi connectivity index (χ1) is 6.95. The summed E-state index contributed by atoms with van der Waals surface area (Å²) in [5.41, 5.74) is 0. The van der Waals surface area contributed by atoms with E-state index in [9.17, 15) is 13.2 Å². The molecule has 0 heterocycles. The highest BCUT2D eigenvalue weighted by Crippen LogP contribution is 2.25. The van der Waals surface area contributed by atoms with Crippen LogP contribution in [0.3, 0.4) is 0 Å². The van der Waals surface area contributed by atoms with Crippen LogP contribution in [0.1, 0.15) is 19.8 Å². The number of hydrogen-bond acceptors (Lipinski definition) is 2. The standard InChI is InChI=1S/C10H13F3N2/c1-3-5-9(4-2)15-7-8(6-14)10(11,12)13/h1,8-9,15H,4-5,7H2,2H3. The molecule has 0 radical (unpaired) electrons. The minimum atomic E-state index is -4.48. The molecule has 0 aliphatic heterocycles. The second kappa shape index (κ2) is 6.31. The smallest absolute Gasteiger partial charge is 0.311 e. The van der Waals surface area contributed by atoms with Crippen molar-refractivity contribution >= 4 is 0 Å². The number of nitrogens with one attached hydrogen (secondary N) is 1. The Morgan fingerprint density at radius 1 is 1.47 bits per heavy atom. The summed E-state index contributed by atoms with van der Waals surface area (Å²) < 4.78 is 36.5. The Balaban J connectivity index is 4.13. The van der Waals surface area contributed by atoms with Crippen molar-refractivity contribution in [2.24, 2.45) is 5.92 Å². The van der Waals surface area contributed by atoms with E-state index in [2.05, 4.69) is 11.2 Å². The average molecular weight is 218 g/mol. The third-order valence-corrected chi connectivity index (χ3v) is 2.02. The molecule has 0 rings (SSSR count). The molecule has 0 bridgehead atoms. The van der Waals surface area contributed by atoms with E-state index < -0.39 is 18.6 Å². The molecule has 15 heavy (non-hydrogen) atoms. The first-order valence-corrected chi connectivity index (χ1v) is 4.58. The van der Waals surface area contributed by atoms with Crippen molar-refractivity contribution in [3.63, 3.8) is 0 Å². The summed E-state index contributed by atoms with van der Waals surface area (Å²) in [7, 11) is 0. The van der Waals surface area contributed by atoms with Gasteiger partial charge in [0.2, 0.25) is 0 Å². The van der Waals surface area contributed by atoms with Gasteiger partial charge >= 0.3 is 6.18 Å². The number of alkyl halides is 3. The Kier molecular flexibility index (Phi) is 5.81. The van der Waals surface area contributed by atoms with E-state index in [1.54, 1.807) is 0 Å². The molecule has 0 aliphatic carbocycles. The molecule has 0 amide bonds. The predicted octanol–water partition coefficient (Wildman–Crippen LogP) is 2.08. The number of hydrogen-bond donors (Lipinski definition) is 1. The molecule has 0 aromatic heterocycles. The molecule has 0 aromatic rings. The average Bonchev–Trinajstić information content (AvgIpc) is 2.15. The van der Waals surface area contributed by atoms with Crippen molar-refractivity contribution in [1.29, 1.82) is 5.26 Å². The van der Waals surface area contributed by atoms with Crippen LogP contribution in [0.4, 0.5) is 13.2 Å². The summed E-state index contributed by atoms with van der Waals surface area (Å²) in [5.74, 6) is 0.404. The van der Waals surface area contributed by atoms with Crippen molar-refractivity contribution in [3.8, 4) is 18.4 Å². The molecule has 0 spiro atoms. The summed E-state index contributed by atoms with van der Waals surface area (Å²) in [6.07, 6.45) is 1.58. The molecule has 0 saturated carbocycles. The number of halogens is 3. The second-order valence-electron chi connectivity index (χ2n) is 3.14. The van der Waals surface area contributed by atoms with Crippen molar-refractivity contribution in [1.82, 2.24) is 5.32 Å². The summed E-state index contributed by atoms with van der Waals surface area (Å²) in [6.45, 7) is 1.42. The van der Waals surface area contributed by atoms with Gasteiger partial charge in [0.05, 0.1) is 6.07 Å². The van der Waals surface area contributed by atoms with Crippen molar-refractivity contribution in [2.75, 3.05) is 6.54 Å². The minimum Gasteiger partial charge on any atom is -0.311 e. The minimum absolute atomic E-state index is 0.159. The topological polar surface area (TPSA) is 35.8 Å². The molecule has 2 unspecified atom stereocenters. The van der Waals surface area contributed by atoms with E-state index in [-0.39, 0.29) is 6.04 Å². The lowest BCUT2D eigenvalue weighted by Crippen LogP contribution is -2.37. The van der Waals surface area contributed by atoms with Gasteiger partial charge in [-0.1, -0.05) is 6.92 Å². The zero-order valence-electron chi connectivity index (χ0n) is 8.43. The molecule has 0 fully saturated rings. The zero-order chi connectivity index (χ0) is 11.9. The van der Waals surface area contributed by atoms with E-state index in [4.69, 9.17) is 11.7 Å². The van der Waals surface area contributed by atoms with Gasteiger partial charge < -0.3 is 5.32 Å². The van der Waals surface area contributed by atoms with Gasteiger partial charge in [-0.3, -0.25) is 0 Å². The fourth-order valence-corrected chi connectivity index (χ4v) is 1.02. The van der Waals surface area contributed by atoms with E-state index >= 15 is 0 Å². The fraction of sp³-hybridized carbons (Fsp3) is 0.700. The van der Waals surface area contributed by atoms with Crippen LogP contribution in [0.5, 0.6) is 0 Å². The van der Waals surface area contributed by atoms with Gasteiger partial charge in [0, 0.05) is 19.0 Å².